The van der Waals surface area contributed by atoms with Crippen LogP contribution in [0.4, 0.5) is 0 Å². The minimum absolute atomic E-state index is 0.461. The van der Waals surface area contributed by atoms with Crippen molar-refractivity contribution in [3.63, 3.8) is 0 Å². The Morgan fingerprint density at radius 2 is 2.31 bits per heavy atom. The first-order valence-corrected chi connectivity index (χ1v) is 4.70. The summed E-state index contributed by atoms with van der Waals surface area (Å²) in [5.74, 6) is 0. The van der Waals surface area contributed by atoms with Crippen LogP contribution in [0.15, 0.2) is 17.5 Å². The molecule has 1 aromatic rings. The maximum absolute atomic E-state index is 10.6. The van der Waals surface area contributed by atoms with Gasteiger partial charge >= 0.3 is 0 Å². The summed E-state index contributed by atoms with van der Waals surface area (Å²) in [6.07, 6.45) is -1.04. The summed E-state index contributed by atoms with van der Waals surface area (Å²) in [5, 5.41) is 22.1. The maximum Gasteiger partial charge on any atom is 0.247 e. The lowest BCUT2D eigenvalue weighted by molar-refractivity contribution is -0.574. The molecule has 1 N–H and O–H groups in total. The molecule has 1 rings (SSSR count). The fourth-order valence-electron chi connectivity index (χ4n) is 0.895. The van der Waals surface area contributed by atoms with Crippen LogP contribution in [0.2, 0.25) is 0 Å². The van der Waals surface area contributed by atoms with Crippen LogP contribution in [0, 0.1) is 10.1 Å². The Balaban J connectivity index is 2.90. The molecule has 0 fully saturated rings. The monoisotopic (exact) mass is 201 g/mol. The molecular weight excluding hydrogens is 190 g/mol. The molecule has 0 aliphatic carbocycles. The molecule has 5 heteroatoms. The molecule has 0 bridgehead atoms. The van der Waals surface area contributed by atoms with Crippen molar-refractivity contribution in [2.24, 2.45) is 0 Å². The number of rotatable bonds is 3. The zero-order valence-corrected chi connectivity index (χ0v) is 8.25. The highest BCUT2D eigenvalue weighted by Crippen LogP contribution is 2.30. The van der Waals surface area contributed by atoms with E-state index in [0.29, 0.717) is 4.88 Å². The molecule has 1 atom stereocenters. The Morgan fingerprint density at radius 1 is 1.69 bits per heavy atom. The van der Waals surface area contributed by atoms with Gasteiger partial charge in [-0.05, 0) is 11.4 Å². The molecule has 0 saturated heterocycles. The molecular formula is C8H11NO3S. The number of aliphatic hydroxyl groups is 1. The van der Waals surface area contributed by atoms with Crippen LogP contribution in [0.25, 0.3) is 0 Å². The average Bonchev–Trinajstić information content (AvgIpc) is 2.54. The predicted octanol–water partition coefficient (Wildman–Crippen LogP) is 1.84. The highest BCUT2D eigenvalue weighted by Gasteiger charge is 2.41. The quantitative estimate of drug-likeness (QED) is 0.599. The Hall–Kier alpha value is -0.940. The summed E-state index contributed by atoms with van der Waals surface area (Å²) in [4.78, 5) is 10.8. The summed E-state index contributed by atoms with van der Waals surface area (Å²) in [7, 11) is 0. The Bertz CT molecular complexity index is 294. The van der Waals surface area contributed by atoms with Crippen LogP contribution >= 0.6 is 11.3 Å². The topological polar surface area (TPSA) is 63.4 Å². The molecule has 0 saturated carbocycles. The molecule has 0 aliphatic heterocycles. The van der Waals surface area contributed by atoms with Gasteiger partial charge in [0.25, 0.3) is 0 Å². The average molecular weight is 201 g/mol. The van der Waals surface area contributed by atoms with Gasteiger partial charge in [0.2, 0.25) is 5.54 Å². The van der Waals surface area contributed by atoms with Crippen molar-refractivity contribution in [1.29, 1.82) is 0 Å². The molecule has 0 aromatic carbocycles. The number of hydrogen-bond acceptors (Lipinski definition) is 4. The van der Waals surface area contributed by atoms with Crippen molar-refractivity contribution < 1.29 is 10.0 Å². The van der Waals surface area contributed by atoms with Gasteiger partial charge in [0.15, 0.2) is 6.10 Å². The van der Waals surface area contributed by atoms with Gasteiger partial charge < -0.3 is 5.11 Å². The third-order valence-electron chi connectivity index (χ3n) is 1.95. The van der Waals surface area contributed by atoms with E-state index in [0.717, 1.165) is 0 Å². The third-order valence-corrected chi connectivity index (χ3v) is 2.88. The van der Waals surface area contributed by atoms with E-state index >= 15 is 0 Å². The van der Waals surface area contributed by atoms with Gasteiger partial charge in [-0.3, -0.25) is 10.1 Å². The van der Waals surface area contributed by atoms with Gasteiger partial charge in [0.1, 0.15) is 0 Å². The van der Waals surface area contributed by atoms with E-state index in [1.807, 2.05) is 0 Å². The molecule has 0 amide bonds. The summed E-state index contributed by atoms with van der Waals surface area (Å²) in [6, 6.07) is 3.46. The van der Waals surface area contributed by atoms with E-state index in [-0.39, 0.29) is 0 Å². The summed E-state index contributed by atoms with van der Waals surface area (Å²) >= 11 is 1.32. The number of nitro groups is 1. The van der Waals surface area contributed by atoms with Gasteiger partial charge in [-0.15, -0.1) is 11.3 Å². The lowest BCUT2D eigenvalue weighted by Crippen LogP contribution is -2.37. The van der Waals surface area contributed by atoms with E-state index < -0.39 is 16.6 Å². The molecule has 0 aliphatic rings. The Kier molecular flexibility index (Phi) is 2.68. The van der Waals surface area contributed by atoms with E-state index in [9.17, 15) is 15.2 Å². The summed E-state index contributed by atoms with van der Waals surface area (Å²) in [5.41, 5.74) is -1.33. The van der Waals surface area contributed by atoms with Crippen LogP contribution in [0.3, 0.4) is 0 Å². The molecule has 0 spiro atoms. The predicted molar refractivity (Wildman–Crippen MR) is 50.4 cm³/mol. The minimum Gasteiger partial charge on any atom is -0.380 e. The van der Waals surface area contributed by atoms with Crippen molar-refractivity contribution >= 4 is 11.3 Å². The second-order valence-corrected chi connectivity index (χ2v) is 4.31. The Morgan fingerprint density at radius 3 is 2.69 bits per heavy atom. The van der Waals surface area contributed by atoms with Crippen molar-refractivity contribution in [3.8, 4) is 0 Å². The van der Waals surface area contributed by atoms with E-state index in [1.165, 1.54) is 25.2 Å². The van der Waals surface area contributed by atoms with Gasteiger partial charge in [0.05, 0.1) is 0 Å². The number of aliphatic hydroxyl groups excluding tert-OH is 1. The first-order valence-electron chi connectivity index (χ1n) is 3.82. The fourth-order valence-corrected chi connectivity index (χ4v) is 1.78. The standard InChI is InChI=1S/C8H11NO3S/c1-8(2,9(11)12)7(10)6-4-3-5-13-6/h3-5,7,10H,1-2H3. The van der Waals surface area contributed by atoms with Gasteiger partial charge in [-0.25, -0.2) is 0 Å². The normalized spacial score (nSPS) is 14.1. The zero-order valence-electron chi connectivity index (χ0n) is 7.43. The molecule has 1 aromatic heterocycles. The van der Waals surface area contributed by atoms with Crippen LogP contribution < -0.4 is 0 Å². The Labute approximate surface area is 80.0 Å². The number of hydrogen-bond donors (Lipinski definition) is 1. The molecule has 4 nitrogen and oxygen atoms in total. The number of nitrogens with zero attached hydrogens (tertiary/aromatic N) is 1. The van der Waals surface area contributed by atoms with Crippen LogP contribution in [0.5, 0.6) is 0 Å². The second kappa shape index (κ2) is 3.43. The SMILES string of the molecule is CC(C)(C(O)c1cccs1)[N+](=O)[O-]. The lowest BCUT2D eigenvalue weighted by atomic mass is 9.97. The second-order valence-electron chi connectivity index (χ2n) is 3.33. The van der Waals surface area contributed by atoms with Crippen molar-refractivity contribution in [3.05, 3.63) is 32.5 Å². The third kappa shape index (κ3) is 1.87. The van der Waals surface area contributed by atoms with Crippen LogP contribution in [0.1, 0.15) is 24.8 Å². The molecule has 1 heterocycles. The van der Waals surface area contributed by atoms with Crippen LogP contribution in [-0.4, -0.2) is 15.6 Å². The smallest absolute Gasteiger partial charge is 0.247 e. The molecule has 1 unspecified atom stereocenters. The highest BCUT2D eigenvalue weighted by atomic mass is 32.1. The highest BCUT2D eigenvalue weighted by molar-refractivity contribution is 7.10. The summed E-state index contributed by atoms with van der Waals surface area (Å²) < 4.78 is 0. The summed E-state index contributed by atoms with van der Waals surface area (Å²) in [6.45, 7) is 2.83. The van der Waals surface area contributed by atoms with Crippen molar-refractivity contribution in [1.82, 2.24) is 0 Å². The zero-order chi connectivity index (χ0) is 10.1. The number of thiophene rings is 1. The van der Waals surface area contributed by atoms with Crippen molar-refractivity contribution in [2.75, 3.05) is 0 Å². The van der Waals surface area contributed by atoms with Gasteiger partial charge in [-0.2, -0.15) is 0 Å². The molecule has 0 radical (unpaired) electrons. The van der Waals surface area contributed by atoms with E-state index in [1.54, 1.807) is 17.5 Å². The van der Waals surface area contributed by atoms with E-state index in [2.05, 4.69) is 0 Å². The first kappa shape index (κ1) is 10.1. The molecule has 72 valence electrons. The molecule has 13 heavy (non-hydrogen) atoms. The van der Waals surface area contributed by atoms with Gasteiger partial charge in [-0.1, -0.05) is 6.07 Å². The van der Waals surface area contributed by atoms with Crippen molar-refractivity contribution in [2.45, 2.75) is 25.5 Å². The van der Waals surface area contributed by atoms with Crippen LogP contribution in [-0.2, 0) is 0 Å². The fraction of sp³-hybridized carbons (Fsp3) is 0.500. The van der Waals surface area contributed by atoms with Gasteiger partial charge in [0, 0.05) is 23.6 Å². The minimum atomic E-state index is -1.33. The first-order chi connectivity index (χ1) is 5.96. The van der Waals surface area contributed by atoms with E-state index in [4.69, 9.17) is 0 Å². The largest absolute Gasteiger partial charge is 0.380 e. The maximum atomic E-state index is 10.6. The lowest BCUT2D eigenvalue weighted by Gasteiger charge is -2.20.